The van der Waals surface area contributed by atoms with E-state index in [9.17, 15) is 0 Å². The minimum absolute atomic E-state index is 0.0245. The van der Waals surface area contributed by atoms with Crippen molar-refractivity contribution in [3.63, 3.8) is 0 Å². The van der Waals surface area contributed by atoms with E-state index in [-0.39, 0.29) is 6.04 Å². The molecule has 6 heteroatoms. The number of aromatic nitrogens is 4. The minimum atomic E-state index is 0.0245. The second-order valence-corrected chi connectivity index (χ2v) is 4.74. The van der Waals surface area contributed by atoms with Gasteiger partial charge in [0.15, 0.2) is 5.75 Å². The van der Waals surface area contributed by atoms with Crippen LogP contribution in [0.5, 0.6) is 5.75 Å². The smallest absolute Gasteiger partial charge is 0.161 e. The first kappa shape index (κ1) is 14.6. The van der Waals surface area contributed by atoms with E-state index in [2.05, 4.69) is 29.2 Å². The summed E-state index contributed by atoms with van der Waals surface area (Å²) in [5.41, 5.74) is 2.16. The molecule has 6 nitrogen and oxygen atoms in total. The van der Waals surface area contributed by atoms with Crippen molar-refractivity contribution in [2.75, 3.05) is 13.7 Å². The summed E-state index contributed by atoms with van der Waals surface area (Å²) in [7, 11) is 3.68. The highest BCUT2D eigenvalue weighted by Crippen LogP contribution is 2.29. The Labute approximate surface area is 119 Å². The molecule has 2 aromatic heterocycles. The van der Waals surface area contributed by atoms with E-state index in [0.717, 1.165) is 36.6 Å². The molecule has 0 aliphatic carbocycles. The van der Waals surface area contributed by atoms with Gasteiger partial charge in [0.25, 0.3) is 0 Å². The lowest BCUT2D eigenvalue weighted by Gasteiger charge is -2.21. The van der Waals surface area contributed by atoms with E-state index in [1.54, 1.807) is 13.3 Å². The van der Waals surface area contributed by atoms with E-state index in [1.165, 1.54) is 0 Å². The second-order valence-electron chi connectivity index (χ2n) is 4.74. The number of nitrogens with one attached hydrogen (secondary N) is 1. The van der Waals surface area contributed by atoms with Crippen LogP contribution < -0.4 is 10.1 Å². The second kappa shape index (κ2) is 6.56. The van der Waals surface area contributed by atoms with Gasteiger partial charge in [0.2, 0.25) is 0 Å². The Balaban J connectivity index is 2.48. The summed E-state index contributed by atoms with van der Waals surface area (Å²) in [6.07, 6.45) is 6.51. The number of hydrogen-bond donors (Lipinski definition) is 1. The first-order chi connectivity index (χ1) is 9.72. The summed E-state index contributed by atoms with van der Waals surface area (Å²) in [6.45, 7) is 5.97. The van der Waals surface area contributed by atoms with Crippen LogP contribution in [-0.4, -0.2) is 33.0 Å². The zero-order chi connectivity index (χ0) is 14.5. The zero-order valence-electron chi connectivity index (χ0n) is 12.6. The molecule has 2 heterocycles. The Kier molecular flexibility index (Phi) is 4.79. The molecular formula is C14H23N5O. The number of hydrogen-bond acceptors (Lipinski definition) is 4. The summed E-state index contributed by atoms with van der Waals surface area (Å²) >= 11 is 0. The lowest BCUT2D eigenvalue weighted by molar-refractivity contribution is 0.396. The van der Waals surface area contributed by atoms with Crippen LogP contribution in [0.2, 0.25) is 0 Å². The van der Waals surface area contributed by atoms with Gasteiger partial charge in [-0.2, -0.15) is 5.10 Å². The third kappa shape index (κ3) is 2.70. The van der Waals surface area contributed by atoms with Gasteiger partial charge < -0.3 is 14.6 Å². The first-order valence-corrected chi connectivity index (χ1v) is 7.02. The number of imidazole rings is 1. The quantitative estimate of drug-likeness (QED) is 0.837. The number of aryl methyl sites for hydroxylation is 2. The maximum atomic E-state index is 5.48. The Morgan fingerprint density at radius 1 is 1.35 bits per heavy atom. The Morgan fingerprint density at radius 2 is 2.15 bits per heavy atom. The molecule has 0 fully saturated rings. The fourth-order valence-corrected chi connectivity index (χ4v) is 2.41. The normalized spacial score (nSPS) is 12.6. The average Bonchev–Trinajstić information content (AvgIpc) is 3.03. The summed E-state index contributed by atoms with van der Waals surface area (Å²) < 4.78 is 9.52. The van der Waals surface area contributed by atoms with Crippen LogP contribution >= 0.6 is 0 Å². The van der Waals surface area contributed by atoms with Crippen LogP contribution in [0.15, 0.2) is 18.7 Å². The van der Waals surface area contributed by atoms with Crippen molar-refractivity contribution in [3.8, 4) is 5.75 Å². The number of methoxy groups -OCH3 is 1. The van der Waals surface area contributed by atoms with Crippen LogP contribution in [0.1, 0.15) is 37.7 Å². The van der Waals surface area contributed by atoms with Gasteiger partial charge in [-0.05, 0) is 13.0 Å². The van der Waals surface area contributed by atoms with Crippen LogP contribution in [0.25, 0.3) is 0 Å². The zero-order valence-corrected chi connectivity index (χ0v) is 12.6. The molecule has 2 aromatic rings. The van der Waals surface area contributed by atoms with Crippen molar-refractivity contribution in [2.45, 2.75) is 32.9 Å². The lowest BCUT2D eigenvalue weighted by atomic mass is 10.1. The van der Waals surface area contributed by atoms with Crippen LogP contribution in [0.3, 0.4) is 0 Å². The van der Waals surface area contributed by atoms with Crippen LogP contribution in [-0.2, 0) is 13.6 Å². The molecule has 0 aliphatic rings. The Bertz CT molecular complexity index is 546. The van der Waals surface area contributed by atoms with E-state index in [1.807, 2.05) is 28.8 Å². The monoisotopic (exact) mass is 277 g/mol. The Morgan fingerprint density at radius 3 is 2.70 bits per heavy atom. The molecule has 0 saturated heterocycles. The van der Waals surface area contributed by atoms with Crippen molar-refractivity contribution in [2.24, 2.45) is 7.05 Å². The Hall–Kier alpha value is -1.82. The maximum absolute atomic E-state index is 5.48. The standard InChI is InChI=1S/C14H23N5O/c1-5-7-19-14(12(20-4)9-17-19)13(16-6-2)11-8-15-10-18(11)3/h8-10,13,16H,5-7H2,1-4H3. The number of nitrogens with zero attached hydrogens (tertiary/aromatic N) is 4. The van der Waals surface area contributed by atoms with Crippen molar-refractivity contribution in [3.05, 3.63) is 30.1 Å². The molecule has 2 rings (SSSR count). The van der Waals surface area contributed by atoms with Gasteiger partial charge in [-0.1, -0.05) is 13.8 Å². The molecule has 0 bridgehead atoms. The molecule has 0 aromatic carbocycles. The fourth-order valence-electron chi connectivity index (χ4n) is 2.41. The number of ether oxygens (including phenoxy) is 1. The van der Waals surface area contributed by atoms with Gasteiger partial charge in [0.05, 0.1) is 37.6 Å². The first-order valence-electron chi connectivity index (χ1n) is 7.02. The van der Waals surface area contributed by atoms with E-state index in [4.69, 9.17) is 4.74 Å². The van der Waals surface area contributed by atoms with E-state index >= 15 is 0 Å². The van der Waals surface area contributed by atoms with Gasteiger partial charge in [-0.25, -0.2) is 4.98 Å². The van der Waals surface area contributed by atoms with Gasteiger partial charge >= 0.3 is 0 Å². The topological polar surface area (TPSA) is 56.9 Å². The van der Waals surface area contributed by atoms with Crippen molar-refractivity contribution >= 4 is 0 Å². The van der Waals surface area contributed by atoms with Gasteiger partial charge in [0.1, 0.15) is 5.69 Å². The SMILES string of the molecule is CCCn1ncc(OC)c1C(NCC)c1cncn1C. The van der Waals surface area contributed by atoms with Crippen molar-refractivity contribution < 1.29 is 4.74 Å². The molecule has 1 atom stereocenters. The fraction of sp³-hybridized carbons (Fsp3) is 0.571. The molecule has 1 N–H and O–H groups in total. The summed E-state index contributed by atoms with van der Waals surface area (Å²) in [5, 5.41) is 7.94. The predicted molar refractivity (Wildman–Crippen MR) is 77.8 cm³/mol. The third-order valence-corrected chi connectivity index (χ3v) is 3.33. The van der Waals surface area contributed by atoms with Crippen LogP contribution in [0.4, 0.5) is 0 Å². The lowest BCUT2D eigenvalue weighted by Crippen LogP contribution is -2.27. The van der Waals surface area contributed by atoms with Gasteiger partial charge in [-0.3, -0.25) is 4.68 Å². The average molecular weight is 277 g/mol. The van der Waals surface area contributed by atoms with E-state index < -0.39 is 0 Å². The highest BCUT2D eigenvalue weighted by Gasteiger charge is 2.24. The molecule has 20 heavy (non-hydrogen) atoms. The summed E-state index contributed by atoms with van der Waals surface area (Å²) in [4.78, 5) is 4.22. The maximum Gasteiger partial charge on any atom is 0.161 e. The highest BCUT2D eigenvalue weighted by atomic mass is 16.5. The van der Waals surface area contributed by atoms with Gasteiger partial charge in [0, 0.05) is 13.6 Å². The third-order valence-electron chi connectivity index (χ3n) is 3.33. The predicted octanol–water partition coefficient (Wildman–Crippen LogP) is 1.73. The molecule has 0 saturated carbocycles. The van der Waals surface area contributed by atoms with Crippen molar-refractivity contribution in [1.82, 2.24) is 24.6 Å². The molecule has 0 spiro atoms. The molecule has 0 amide bonds. The molecule has 0 aliphatic heterocycles. The summed E-state index contributed by atoms with van der Waals surface area (Å²) in [5.74, 6) is 0.811. The minimum Gasteiger partial charge on any atom is -0.493 e. The van der Waals surface area contributed by atoms with Gasteiger partial charge in [-0.15, -0.1) is 0 Å². The van der Waals surface area contributed by atoms with Crippen molar-refractivity contribution in [1.29, 1.82) is 0 Å². The van der Waals surface area contributed by atoms with Crippen LogP contribution in [0, 0.1) is 0 Å². The molecule has 0 radical (unpaired) electrons. The molecular weight excluding hydrogens is 254 g/mol. The molecule has 1 unspecified atom stereocenters. The van der Waals surface area contributed by atoms with E-state index in [0.29, 0.717) is 0 Å². The molecule has 110 valence electrons. The summed E-state index contributed by atoms with van der Waals surface area (Å²) in [6, 6.07) is 0.0245. The largest absolute Gasteiger partial charge is 0.493 e. The number of rotatable bonds is 7. The highest BCUT2D eigenvalue weighted by molar-refractivity contribution is 5.33.